The van der Waals surface area contributed by atoms with E-state index < -0.39 is 48.0 Å². The number of nitrogens with one attached hydrogen (secondary N) is 2. The third kappa shape index (κ3) is 6.77. The summed E-state index contributed by atoms with van der Waals surface area (Å²) in [6, 6.07) is 22.0. The summed E-state index contributed by atoms with van der Waals surface area (Å²) in [6.45, 7) is -0.729. The Labute approximate surface area is 245 Å². The van der Waals surface area contributed by atoms with Crippen molar-refractivity contribution in [2.24, 2.45) is 0 Å². The maximum absolute atomic E-state index is 13.5. The second-order valence-corrected chi connectivity index (χ2v) is 12.6. The number of hydrogen-bond acceptors (Lipinski definition) is 7. The summed E-state index contributed by atoms with van der Waals surface area (Å²) in [5, 5.41) is 14.2. The van der Waals surface area contributed by atoms with Gasteiger partial charge >= 0.3 is 0 Å². The van der Waals surface area contributed by atoms with Crippen molar-refractivity contribution in [3.8, 4) is 0 Å². The van der Waals surface area contributed by atoms with E-state index in [0.717, 1.165) is 16.4 Å². The zero-order chi connectivity index (χ0) is 29.8. The van der Waals surface area contributed by atoms with Crippen LogP contribution < -0.4 is 14.3 Å². The fourth-order valence-electron chi connectivity index (χ4n) is 3.69. The highest BCUT2D eigenvalue weighted by atomic mass is 35.5. The Kier molecular flexibility index (Phi) is 8.83. The third-order valence-electron chi connectivity index (χ3n) is 5.61. The average molecular weight is 636 g/mol. The Hall–Kier alpha value is -4.17. The quantitative estimate of drug-likeness (QED) is 0.171. The van der Waals surface area contributed by atoms with E-state index in [2.05, 4.69) is 10.0 Å². The number of carbonyl (C=O) groups is 1. The molecule has 4 rings (SSSR count). The van der Waals surface area contributed by atoms with Crippen molar-refractivity contribution in [1.29, 1.82) is 0 Å². The Morgan fingerprint density at radius 2 is 1.46 bits per heavy atom. The largest absolute Gasteiger partial charge is 0.325 e. The summed E-state index contributed by atoms with van der Waals surface area (Å²) in [7, 11) is -8.62. The molecule has 0 fully saturated rings. The predicted molar refractivity (Wildman–Crippen MR) is 156 cm³/mol. The number of anilines is 3. The summed E-state index contributed by atoms with van der Waals surface area (Å²) < 4.78 is 55.8. The highest BCUT2D eigenvalue weighted by Gasteiger charge is 2.33. The molecule has 41 heavy (non-hydrogen) atoms. The molecule has 0 bridgehead atoms. The molecule has 0 saturated heterocycles. The number of hydrogen-bond donors (Lipinski definition) is 2. The van der Waals surface area contributed by atoms with E-state index in [0.29, 0.717) is 0 Å². The lowest BCUT2D eigenvalue weighted by atomic mass is 10.3. The van der Waals surface area contributed by atoms with Crippen molar-refractivity contribution < 1.29 is 26.6 Å². The van der Waals surface area contributed by atoms with Crippen LogP contribution in [-0.4, -0.2) is 34.2 Å². The number of rotatable bonds is 10. The average Bonchev–Trinajstić information content (AvgIpc) is 2.95. The normalized spacial score (nSPS) is 11.5. The van der Waals surface area contributed by atoms with Gasteiger partial charge in [-0.05, 0) is 54.6 Å². The number of nitro groups is 1. The number of para-hydroxylation sites is 2. The summed E-state index contributed by atoms with van der Waals surface area (Å²) in [5.74, 6) is -0.782. The first-order chi connectivity index (χ1) is 19.4. The summed E-state index contributed by atoms with van der Waals surface area (Å²) in [5.41, 5.74) is -0.283. The number of carbonyl (C=O) groups excluding carboxylic acids is 1. The minimum absolute atomic E-state index is 0.0281. The van der Waals surface area contributed by atoms with Gasteiger partial charge < -0.3 is 5.32 Å². The molecule has 0 atom stereocenters. The number of halogens is 2. The fraction of sp³-hybridized carbons (Fsp3) is 0.0385. The highest BCUT2D eigenvalue weighted by Crippen LogP contribution is 2.32. The Morgan fingerprint density at radius 1 is 0.829 bits per heavy atom. The zero-order valence-corrected chi connectivity index (χ0v) is 23.9. The van der Waals surface area contributed by atoms with Gasteiger partial charge in [0.25, 0.3) is 25.7 Å². The lowest BCUT2D eigenvalue weighted by molar-refractivity contribution is -0.387. The van der Waals surface area contributed by atoms with E-state index in [4.69, 9.17) is 23.2 Å². The van der Waals surface area contributed by atoms with Gasteiger partial charge in [0.2, 0.25) is 5.91 Å². The minimum atomic E-state index is -4.56. The van der Waals surface area contributed by atoms with Crippen molar-refractivity contribution in [2.75, 3.05) is 20.9 Å². The van der Waals surface area contributed by atoms with Crippen LogP contribution in [0, 0.1) is 10.1 Å². The van der Waals surface area contributed by atoms with Crippen LogP contribution in [0.25, 0.3) is 0 Å². The lowest BCUT2D eigenvalue weighted by Gasteiger charge is -2.24. The molecule has 0 saturated carbocycles. The first-order valence-corrected chi connectivity index (χ1v) is 15.3. The predicted octanol–water partition coefficient (Wildman–Crippen LogP) is 5.54. The molecule has 4 aromatic rings. The molecule has 0 heterocycles. The van der Waals surface area contributed by atoms with Gasteiger partial charge in [-0.15, -0.1) is 0 Å². The molecule has 0 unspecified atom stereocenters. The molecule has 0 aliphatic rings. The van der Waals surface area contributed by atoms with Gasteiger partial charge in [0, 0.05) is 11.8 Å². The molecule has 212 valence electrons. The molecular weight excluding hydrogens is 615 g/mol. The van der Waals surface area contributed by atoms with Crippen molar-refractivity contribution in [3.05, 3.63) is 117 Å². The van der Waals surface area contributed by atoms with Gasteiger partial charge in [0.05, 0.1) is 31.2 Å². The van der Waals surface area contributed by atoms with Crippen LogP contribution >= 0.6 is 23.2 Å². The number of amides is 1. The van der Waals surface area contributed by atoms with Gasteiger partial charge in [-0.2, -0.15) is 0 Å². The monoisotopic (exact) mass is 634 g/mol. The molecule has 0 aliphatic heterocycles. The Morgan fingerprint density at radius 3 is 2.12 bits per heavy atom. The molecule has 0 radical (unpaired) electrons. The number of nitro benzene ring substituents is 1. The van der Waals surface area contributed by atoms with Crippen LogP contribution in [0.5, 0.6) is 0 Å². The smallest absolute Gasteiger partial charge is 0.289 e. The van der Waals surface area contributed by atoms with Crippen LogP contribution in [0.1, 0.15) is 0 Å². The molecule has 1 amide bonds. The fourth-order valence-corrected chi connectivity index (χ4v) is 6.75. The topological polar surface area (TPSA) is 156 Å². The van der Waals surface area contributed by atoms with Crippen molar-refractivity contribution in [2.45, 2.75) is 9.79 Å². The molecule has 4 aromatic carbocycles. The molecule has 2 N–H and O–H groups in total. The van der Waals surface area contributed by atoms with Gasteiger partial charge in [-0.1, -0.05) is 59.6 Å². The number of sulfonamides is 2. The van der Waals surface area contributed by atoms with Crippen LogP contribution in [0.3, 0.4) is 0 Å². The van der Waals surface area contributed by atoms with E-state index in [1.807, 2.05) is 0 Å². The van der Waals surface area contributed by atoms with Crippen molar-refractivity contribution >= 4 is 71.9 Å². The van der Waals surface area contributed by atoms with E-state index in [1.54, 1.807) is 18.2 Å². The van der Waals surface area contributed by atoms with E-state index in [9.17, 15) is 31.7 Å². The Balaban J connectivity index is 1.56. The van der Waals surface area contributed by atoms with Crippen LogP contribution in [0.4, 0.5) is 22.7 Å². The van der Waals surface area contributed by atoms with Crippen molar-refractivity contribution in [1.82, 2.24) is 0 Å². The third-order valence-corrected chi connectivity index (χ3v) is 9.63. The molecule has 15 heteroatoms. The molecular formula is C26H20Cl2N4O7S2. The zero-order valence-electron chi connectivity index (χ0n) is 20.8. The van der Waals surface area contributed by atoms with E-state index >= 15 is 0 Å². The maximum Gasteiger partial charge on any atom is 0.289 e. The van der Waals surface area contributed by atoms with Gasteiger partial charge in [0.1, 0.15) is 6.54 Å². The number of benzene rings is 4. The van der Waals surface area contributed by atoms with Gasteiger partial charge in [0.15, 0.2) is 4.90 Å². The molecule has 0 spiro atoms. The minimum Gasteiger partial charge on any atom is -0.325 e. The summed E-state index contributed by atoms with van der Waals surface area (Å²) in [6.07, 6.45) is 0. The highest BCUT2D eigenvalue weighted by molar-refractivity contribution is 7.93. The molecule has 0 aliphatic carbocycles. The lowest BCUT2D eigenvalue weighted by Crippen LogP contribution is -2.38. The summed E-state index contributed by atoms with van der Waals surface area (Å²) >= 11 is 12.0. The van der Waals surface area contributed by atoms with Crippen LogP contribution in [0.15, 0.2) is 107 Å². The first-order valence-electron chi connectivity index (χ1n) is 11.6. The van der Waals surface area contributed by atoms with Crippen LogP contribution in [-0.2, 0) is 24.8 Å². The van der Waals surface area contributed by atoms with Crippen molar-refractivity contribution in [3.63, 3.8) is 0 Å². The van der Waals surface area contributed by atoms with Crippen LogP contribution in [0.2, 0.25) is 10.0 Å². The SMILES string of the molecule is O=C(CN(c1ccccc1)S(=O)(=O)c1ccccc1[N+](=O)[O-])Nc1ccc(S(=O)(=O)Nc2cccc(Cl)c2Cl)cc1. The van der Waals surface area contributed by atoms with E-state index in [1.165, 1.54) is 66.7 Å². The van der Waals surface area contributed by atoms with E-state index in [-0.39, 0.29) is 32.0 Å². The Bertz CT molecular complexity index is 1820. The standard InChI is InChI=1S/C26H20Cl2N4O7S2/c27-21-9-6-10-22(26(21)28)30-40(36,37)20-15-13-18(14-16-20)29-25(33)17-31(19-7-2-1-3-8-19)41(38,39)24-12-5-4-11-23(24)32(34)35/h1-16,30H,17H2,(H,29,33). The maximum atomic E-state index is 13.5. The van der Waals surface area contributed by atoms with Gasteiger partial charge in [-0.3, -0.25) is 23.9 Å². The second-order valence-electron chi connectivity index (χ2n) is 8.35. The second kappa shape index (κ2) is 12.1. The summed E-state index contributed by atoms with van der Waals surface area (Å²) in [4.78, 5) is 22.9. The first kappa shape index (κ1) is 29.8. The number of nitrogens with zero attached hydrogens (tertiary/aromatic N) is 2. The molecule has 11 nitrogen and oxygen atoms in total. The molecule has 0 aromatic heterocycles. The van der Waals surface area contributed by atoms with Gasteiger partial charge in [-0.25, -0.2) is 16.8 Å².